The summed E-state index contributed by atoms with van der Waals surface area (Å²) in [6.45, 7) is 1.77. The first-order valence-electron chi connectivity index (χ1n) is 11.4. The Bertz CT molecular complexity index is 1610. The first-order valence-corrected chi connectivity index (χ1v) is 11.7. The number of ether oxygens (including phenoxy) is 2. The number of aromatic hydroxyl groups is 2. The summed E-state index contributed by atoms with van der Waals surface area (Å²) in [6.07, 6.45) is 1.76. The van der Waals surface area contributed by atoms with Gasteiger partial charge in [0, 0.05) is 35.9 Å². The Hall–Kier alpha value is -4.06. The van der Waals surface area contributed by atoms with E-state index in [1.54, 1.807) is 31.2 Å². The third-order valence-corrected chi connectivity index (χ3v) is 7.37. The molecule has 2 bridgehead atoms. The molecule has 8 nitrogen and oxygen atoms in total. The van der Waals surface area contributed by atoms with Crippen LogP contribution in [-0.2, 0) is 20.7 Å². The highest BCUT2D eigenvalue weighted by atomic mass is 35.5. The summed E-state index contributed by atoms with van der Waals surface area (Å²) < 4.78 is 13.3. The molecule has 0 radical (unpaired) electrons. The van der Waals surface area contributed by atoms with Crippen molar-refractivity contribution in [2.45, 2.75) is 31.0 Å². The van der Waals surface area contributed by atoms with Gasteiger partial charge in [0.15, 0.2) is 11.4 Å². The minimum absolute atomic E-state index is 0.0407. The Labute approximate surface area is 210 Å². The van der Waals surface area contributed by atoms with E-state index in [4.69, 9.17) is 21.1 Å². The fraction of sp³-hybridized carbons (Fsp3) is 0.222. The van der Waals surface area contributed by atoms with E-state index < -0.39 is 11.2 Å². The van der Waals surface area contributed by atoms with Crippen molar-refractivity contribution in [3.63, 3.8) is 0 Å². The number of nitrogens with zero attached hydrogens (tertiary/aromatic N) is 3. The van der Waals surface area contributed by atoms with Crippen molar-refractivity contribution in [2.24, 2.45) is 0 Å². The molecule has 2 N–H and O–H groups in total. The number of carbonyl (C=O) groups excluding carboxylic acids is 1. The zero-order valence-corrected chi connectivity index (χ0v) is 19.9. The minimum Gasteiger partial charge on any atom is -0.494 e. The van der Waals surface area contributed by atoms with Crippen LogP contribution in [0, 0.1) is 11.3 Å². The van der Waals surface area contributed by atoms with Crippen LogP contribution in [0.5, 0.6) is 17.6 Å². The molecule has 2 aliphatic rings. The molecule has 0 aliphatic carbocycles. The van der Waals surface area contributed by atoms with E-state index in [1.165, 1.54) is 10.8 Å². The fourth-order valence-electron chi connectivity index (χ4n) is 5.51. The van der Waals surface area contributed by atoms with Crippen molar-refractivity contribution in [1.29, 1.82) is 5.26 Å². The third-order valence-electron chi connectivity index (χ3n) is 7.15. The first-order chi connectivity index (χ1) is 17.3. The van der Waals surface area contributed by atoms with Gasteiger partial charge in [0.25, 0.3) is 0 Å². The number of pyridine rings is 1. The first kappa shape index (κ1) is 22.4. The van der Waals surface area contributed by atoms with E-state index in [0.29, 0.717) is 38.5 Å². The number of fused-ring (bicyclic) bond motifs is 6. The van der Waals surface area contributed by atoms with Crippen molar-refractivity contribution in [2.75, 3.05) is 6.61 Å². The summed E-state index contributed by atoms with van der Waals surface area (Å²) in [7, 11) is 0. The normalized spacial score (nSPS) is 22.1. The van der Waals surface area contributed by atoms with Gasteiger partial charge >= 0.3 is 0 Å². The molecule has 36 heavy (non-hydrogen) atoms. The Morgan fingerprint density at radius 2 is 1.89 bits per heavy atom. The lowest BCUT2D eigenvalue weighted by molar-refractivity contribution is -0.135. The Kier molecular flexibility index (Phi) is 4.80. The Morgan fingerprint density at radius 1 is 1.14 bits per heavy atom. The van der Waals surface area contributed by atoms with E-state index in [-0.39, 0.29) is 42.6 Å². The van der Waals surface area contributed by atoms with Gasteiger partial charge in [-0.1, -0.05) is 35.9 Å². The number of hydrogen-bond donors (Lipinski definition) is 2. The van der Waals surface area contributed by atoms with E-state index in [9.17, 15) is 20.3 Å². The molecule has 2 aromatic heterocycles. The van der Waals surface area contributed by atoms with Crippen LogP contribution in [0.15, 0.2) is 54.7 Å². The van der Waals surface area contributed by atoms with Crippen molar-refractivity contribution in [3.8, 4) is 29.4 Å². The molecule has 4 heterocycles. The molecule has 0 saturated carbocycles. The van der Waals surface area contributed by atoms with Gasteiger partial charge in [-0.25, -0.2) is 4.98 Å². The number of Topliss-reactive ketones (excluding diaryl/α,β-unsaturated/α-hetero) is 1. The standard InChI is InChI=1S/C27H20ClN3O5/c1-26-20(32)12-27(36-26,10-11-35-21-9-7-16(28)14-30-21)23-22(26)24(33)31(25(23)34)19-8-6-15(13-29)17-4-2-3-5-18(17)19/h2-9,14,33-34H,10-12H2,1H3/t26-,27+/m0/s1. The smallest absolute Gasteiger partial charge is 0.213 e. The van der Waals surface area contributed by atoms with Crippen LogP contribution in [0.3, 0.4) is 0 Å². The van der Waals surface area contributed by atoms with E-state index in [2.05, 4.69) is 11.1 Å². The van der Waals surface area contributed by atoms with Crippen LogP contribution in [-0.4, -0.2) is 32.2 Å². The summed E-state index contributed by atoms with van der Waals surface area (Å²) in [5.41, 5.74) is -0.965. The SMILES string of the molecule is C[C@]12O[C@](CCOc3ccc(Cl)cn3)(CC1=O)c1c2c(O)n(-c2ccc(C#N)c3ccccc23)c1O. The van der Waals surface area contributed by atoms with Crippen LogP contribution in [0.2, 0.25) is 5.02 Å². The van der Waals surface area contributed by atoms with E-state index in [0.717, 1.165) is 0 Å². The van der Waals surface area contributed by atoms with Gasteiger partial charge in [-0.05, 0) is 25.1 Å². The highest BCUT2D eigenvalue weighted by molar-refractivity contribution is 6.30. The Balaban J connectivity index is 1.46. The van der Waals surface area contributed by atoms with Crippen LogP contribution in [0.1, 0.15) is 36.5 Å². The lowest BCUT2D eigenvalue weighted by Crippen LogP contribution is -2.29. The summed E-state index contributed by atoms with van der Waals surface area (Å²) in [5.74, 6) is -0.292. The molecule has 6 rings (SSSR count). The van der Waals surface area contributed by atoms with Gasteiger partial charge in [0.2, 0.25) is 17.6 Å². The second kappa shape index (κ2) is 7.72. The largest absolute Gasteiger partial charge is 0.494 e. The van der Waals surface area contributed by atoms with Gasteiger partial charge in [0.05, 0.1) is 40.1 Å². The summed E-state index contributed by atoms with van der Waals surface area (Å²) in [6, 6.07) is 16.1. The summed E-state index contributed by atoms with van der Waals surface area (Å²) in [4.78, 5) is 17.2. The number of hydrogen-bond acceptors (Lipinski definition) is 7. The quantitative estimate of drug-likeness (QED) is 0.401. The zero-order valence-electron chi connectivity index (χ0n) is 19.2. The molecule has 0 spiro atoms. The van der Waals surface area contributed by atoms with Crippen LogP contribution >= 0.6 is 11.6 Å². The van der Waals surface area contributed by atoms with Gasteiger partial charge in [-0.15, -0.1) is 0 Å². The Morgan fingerprint density at radius 3 is 2.61 bits per heavy atom. The van der Waals surface area contributed by atoms with E-state index >= 15 is 0 Å². The molecular weight excluding hydrogens is 482 g/mol. The number of nitriles is 1. The minimum atomic E-state index is -1.40. The number of carbonyl (C=O) groups is 1. The maximum absolute atomic E-state index is 13.1. The monoisotopic (exact) mass is 501 g/mol. The maximum Gasteiger partial charge on any atom is 0.213 e. The number of halogens is 1. The van der Waals surface area contributed by atoms with Crippen molar-refractivity contribution >= 4 is 28.2 Å². The second-order valence-corrected chi connectivity index (χ2v) is 9.60. The molecule has 1 fully saturated rings. The van der Waals surface area contributed by atoms with Gasteiger partial charge < -0.3 is 19.7 Å². The van der Waals surface area contributed by atoms with Crippen LogP contribution < -0.4 is 4.74 Å². The molecule has 0 unspecified atom stereocenters. The summed E-state index contributed by atoms with van der Waals surface area (Å²) >= 11 is 5.88. The number of rotatable bonds is 5. The maximum atomic E-state index is 13.1. The predicted molar refractivity (Wildman–Crippen MR) is 130 cm³/mol. The van der Waals surface area contributed by atoms with E-state index in [1.807, 2.05) is 24.3 Å². The molecule has 0 amide bonds. The van der Waals surface area contributed by atoms with Crippen molar-refractivity contribution in [3.05, 3.63) is 76.4 Å². The molecular formula is C27H20ClN3O5. The lowest BCUT2D eigenvalue weighted by Gasteiger charge is -2.25. The second-order valence-electron chi connectivity index (χ2n) is 9.16. The average Bonchev–Trinajstić information content (AvgIpc) is 3.41. The molecule has 2 atom stereocenters. The molecule has 2 aliphatic heterocycles. The number of benzene rings is 2. The summed E-state index contributed by atoms with van der Waals surface area (Å²) in [5, 5.41) is 34.2. The van der Waals surface area contributed by atoms with Crippen LogP contribution in [0.4, 0.5) is 0 Å². The van der Waals surface area contributed by atoms with Gasteiger partial charge in [0.1, 0.15) is 5.60 Å². The lowest BCUT2D eigenvalue weighted by atomic mass is 9.77. The topological polar surface area (TPSA) is 118 Å². The number of aromatic nitrogens is 2. The van der Waals surface area contributed by atoms with Gasteiger partial charge in [-0.2, -0.15) is 5.26 Å². The highest BCUT2D eigenvalue weighted by Gasteiger charge is 2.66. The zero-order chi connectivity index (χ0) is 25.2. The molecule has 2 aromatic carbocycles. The van der Waals surface area contributed by atoms with Crippen molar-refractivity contribution in [1.82, 2.24) is 9.55 Å². The third kappa shape index (κ3) is 2.97. The molecule has 9 heteroatoms. The molecule has 4 aromatic rings. The average molecular weight is 502 g/mol. The fourth-order valence-corrected chi connectivity index (χ4v) is 5.62. The van der Waals surface area contributed by atoms with Crippen molar-refractivity contribution < 1.29 is 24.5 Å². The van der Waals surface area contributed by atoms with Crippen LogP contribution in [0.25, 0.3) is 16.5 Å². The molecule has 1 saturated heterocycles. The number of ketones is 1. The predicted octanol–water partition coefficient (Wildman–Crippen LogP) is 4.84. The highest BCUT2D eigenvalue weighted by Crippen LogP contribution is 2.64. The van der Waals surface area contributed by atoms with Gasteiger partial charge in [-0.3, -0.25) is 9.36 Å². The molecule has 180 valence electrons.